The summed E-state index contributed by atoms with van der Waals surface area (Å²) in [5, 5.41) is 22.4. The van der Waals surface area contributed by atoms with E-state index in [4.69, 9.17) is 20.1 Å². The highest BCUT2D eigenvalue weighted by atomic mass is 16.6. The molecule has 0 unspecified atom stereocenters. The Labute approximate surface area is 109 Å². The molecule has 0 aliphatic rings. The number of carbonyl (C=O) groups is 2. The van der Waals surface area contributed by atoms with E-state index in [2.05, 4.69) is 6.92 Å². The first kappa shape index (κ1) is 19.1. The second-order valence-electron chi connectivity index (χ2n) is 4.25. The predicted molar refractivity (Wildman–Crippen MR) is 70.1 cm³/mol. The molecule has 0 amide bonds. The minimum atomic E-state index is -1.83. The normalized spacial score (nSPS) is 9.39. The zero-order valence-corrected chi connectivity index (χ0v) is 11.2. The van der Waals surface area contributed by atoms with E-state index >= 15 is 0 Å². The van der Waals surface area contributed by atoms with E-state index in [0.29, 0.717) is 6.42 Å². The van der Waals surface area contributed by atoms with E-state index in [0.717, 1.165) is 12.8 Å². The lowest BCUT2D eigenvalue weighted by molar-refractivity contribution is -0.137. The highest BCUT2D eigenvalue weighted by Gasteiger charge is 1.96. The summed E-state index contributed by atoms with van der Waals surface area (Å²) in [4.78, 5) is 18.8. The molecular weight excluding hydrogens is 236 g/mol. The van der Waals surface area contributed by atoms with Crippen LogP contribution in [0, 0.1) is 0 Å². The molecule has 0 aliphatic heterocycles. The van der Waals surface area contributed by atoms with Crippen LogP contribution in [0.2, 0.25) is 0 Å². The third-order valence-electron chi connectivity index (χ3n) is 2.49. The lowest BCUT2D eigenvalue weighted by Crippen LogP contribution is -1.93. The number of unbranched alkanes of at least 4 members (excludes halogenated alkanes) is 8. The fraction of sp³-hybridized carbons (Fsp3) is 0.846. The van der Waals surface area contributed by atoms with Crippen LogP contribution in [0.3, 0.4) is 0 Å². The Morgan fingerprint density at radius 2 is 1.06 bits per heavy atom. The smallest absolute Gasteiger partial charge is 0.481 e. The molecule has 0 radical (unpaired) electrons. The second kappa shape index (κ2) is 15.7. The quantitative estimate of drug-likeness (QED) is 0.512. The summed E-state index contributed by atoms with van der Waals surface area (Å²) in [6, 6.07) is 0. The zero-order chi connectivity index (χ0) is 14.2. The van der Waals surface area contributed by atoms with Crippen LogP contribution in [0.4, 0.5) is 4.79 Å². The summed E-state index contributed by atoms with van der Waals surface area (Å²) < 4.78 is 0. The van der Waals surface area contributed by atoms with Gasteiger partial charge in [0, 0.05) is 6.42 Å². The molecule has 5 nitrogen and oxygen atoms in total. The molecule has 3 N–H and O–H groups in total. The van der Waals surface area contributed by atoms with Crippen LogP contribution in [0.15, 0.2) is 0 Å². The highest BCUT2D eigenvalue weighted by Crippen LogP contribution is 2.10. The maximum absolute atomic E-state index is 10.2. The van der Waals surface area contributed by atoms with Gasteiger partial charge in [0.2, 0.25) is 0 Å². The third kappa shape index (κ3) is 29.3. The number of aliphatic carboxylic acids is 1. The van der Waals surface area contributed by atoms with Crippen LogP contribution < -0.4 is 0 Å². The lowest BCUT2D eigenvalue weighted by atomic mass is 10.1. The standard InChI is InChI=1S/C12H24O2.CH2O3/c1-2-3-4-5-6-7-8-9-10-11-12(13)14;2-1(3)4/h2-11H2,1H3,(H,13,14);(H2,2,3,4). The van der Waals surface area contributed by atoms with Crippen LogP contribution in [0.25, 0.3) is 0 Å². The van der Waals surface area contributed by atoms with E-state index < -0.39 is 12.1 Å². The molecular formula is C13H26O5. The van der Waals surface area contributed by atoms with Crippen molar-refractivity contribution in [3.63, 3.8) is 0 Å². The van der Waals surface area contributed by atoms with Gasteiger partial charge >= 0.3 is 12.1 Å². The molecule has 0 aliphatic carbocycles. The average molecular weight is 262 g/mol. The molecule has 0 aromatic carbocycles. The SMILES string of the molecule is CCCCCCCCCCCC(=O)O.O=C(O)O. The fourth-order valence-electron chi connectivity index (χ4n) is 1.59. The Hall–Kier alpha value is -1.26. The summed E-state index contributed by atoms with van der Waals surface area (Å²) in [6.45, 7) is 2.23. The van der Waals surface area contributed by atoms with Gasteiger partial charge in [-0.2, -0.15) is 0 Å². The predicted octanol–water partition coefficient (Wildman–Crippen LogP) is 4.21. The van der Waals surface area contributed by atoms with Gasteiger partial charge in [0.15, 0.2) is 0 Å². The number of hydrogen-bond acceptors (Lipinski definition) is 2. The molecule has 0 spiro atoms. The summed E-state index contributed by atoms with van der Waals surface area (Å²) >= 11 is 0. The summed E-state index contributed by atoms with van der Waals surface area (Å²) in [5.41, 5.74) is 0. The second-order valence-corrected chi connectivity index (χ2v) is 4.25. The van der Waals surface area contributed by atoms with Crippen molar-refractivity contribution in [1.29, 1.82) is 0 Å². The summed E-state index contributed by atoms with van der Waals surface area (Å²) in [6.07, 6.45) is 9.64. The van der Waals surface area contributed by atoms with Crippen molar-refractivity contribution in [2.45, 2.75) is 71.1 Å². The molecule has 0 rings (SSSR count). The first-order valence-electron chi connectivity index (χ1n) is 6.64. The van der Waals surface area contributed by atoms with Crippen LogP contribution >= 0.6 is 0 Å². The number of carboxylic acid groups (broad SMARTS) is 3. The third-order valence-corrected chi connectivity index (χ3v) is 2.49. The highest BCUT2D eigenvalue weighted by molar-refractivity contribution is 5.66. The topological polar surface area (TPSA) is 94.8 Å². The lowest BCUT2D eigenvalue weighted by Gasteiger charge is -2.00. The first-order chi connectivity index (χ1) is 8.50. The van der Waals surface area contributed by atoms with Crippen LogP contribution in [-0.4, -0.2) is 27.4 Å². The van der Waals surface area contributed by atoms with Gasteiger partial charge in [-0.15, -0.1) is 0 Å². The van der Waals surface area contributed by atoms with E-state index in [1.807, 2.05) is 0 Å². The Morgan fingerprint density at radius 1 is 0.722 bits per heavy atom. The molecule has 0 aromatic rings. The molecule has 5 heteroatoms. The molecule has 0 saturated heterocycles. The minimum absolute atomic E-state index is 0.343. The Morgan fingerprint density at radius 3 is 1.39 bits per heavy atom. The van der Waals surface area contributed by atoms with Crippen molar-refractivity contribution in [3.05, 3.63) is 0 Å². The number of carboxylic acids is 1. The van der Waals surface area contributed by atoms with Gasteiger partial charge in [0.1, 0.15) is 0 Å². The zero-order valence-electron chi connectivity index (χ0n) is 11.2. The van der Waals surface area contributed by atoms with Crippen molar-refractivity contribution in [2.75, 3.05) is 0 Å². The maximum Gasteiger partial charge on any atom is 0.503 e. The first-order valence-corrected chi connectivity index (χ1v) is 6.64. The van der Waals surface area contributed by atoms with Gasteiger partial charge in [-0.3, -0.25) is 4.79 Å². The van der Waals surface area contributed by atoms with Crippen LogP contribution in [0.5, 0.6) is 0 Å². The molecule has 0 fully saturated rings. The average Bonchev–Trinajstić information content (AvgIpc) is 2.26. The van der Waals surface area contributed by atoms with E-state index in [1.165, 1.54) is 44.9 Å². The summed E-state index contributed by atoms with van der Waals surface area (Å²) in [5.74, 6) is -0.659. The number of hydrogen-bond donors (Lipinski definition) is 3. The largest absolute Gasteiger partial charge is 0.503 e. The van der Waals surface area contributed by atoms with E-state index in [9.17, 15) is 4.79 Å². The Bertz CT molecular complexity index is 200. The van der Waals surface area contributed by atoms with Gasteiger partial charge in [0.25, 0.3) is 0 Å². The van der Waals surface area contributed by atoms with Gasteiger partial charge < -0.3 is 15.3 Å². The van der Waals surface area contributed by atoms with Crippen molar-refractivity contribution in [1.82, 2.24) is 0 Å². The molecule has 0 bridgehead atoms. The molecule has 0 heterocycles. The molecule has 0 atom stereocenters. The molecule has 18 heavy (non-hydrogen) atoms. The Balaban J connectivity index is 0. The van der Waals surface area contributed by atoms with Crippen molar-refractivity contribution < 1.29 is 24.9 Å². The molecule has 108 valence electrons. The van der Waals surface area contributed by atoms with Gasteiger partial charge in [-0.05, 0) is 6.42 Å². The van der Waals surface area contributed by atoms with Gasteiger partial charge in [-0.1, -0.05) is 58.3 Å². The maximum atomic E-state index is 10.2. The minimum Gasteiger partial charge on any atom is -0.481 e. The summed E-state index contributed by atoms with van der Waals surface area (Å²) in [7, 11) is 0. The fourth-order valence-corrected chi connectivity index (χ4v) is 1.59. The monoisotopic (exact) mass is 262 g/mol. The van der Waals surface area contributed by atoms with Crippen molar-refractivity contribution >= 4 is 12.1 Å². The van der Waals surface area contributed by atoms with E-state index in [-0.39, 0.29) is 0 Å². The van der Waals surface area contributed by atoms with Gasteiger partial charge in [0.05, 0.1) is 0 Å². The number of rotatable bonds is 10. The van der Waals surface area contributed by atoms with Crippen LogP contribution in [-0.2, 0) is 4.79 Å². The molecule has 0 aromatic heterocycles. The van der Waals surface area contributed by atoms with E-state index in [1.54, 1.807) is 0 Å². The van der Waals surface area contributed by atoms with Gasteiger partial charge in [-0.25, -0.2) is 4.79 Å². The van der Waals surface area contributed by atoms with Crippen molar-refractivity contribution in [2.24, 2.45) is 0 Å². The van der Waals surface area contributed by atoms with Crippen LogP contribution in [0.1, 0.15) is 71.1 Å². The molecule has 0 saturated carbocycles. The van der Waals surface area contributed by atoms with Crippen molar-refractivity contribution in [3.8, 4) is 0 Å². The Kier molecular flexibility index (Phi) is 16.7.